The minimum atomic E-state index is -1.05. The van der Waals surface area contributed by atoms with Gasteiger partial charge in [-0.15, -0.1) is 0 Å². The molecule has 0 saturated carbocycles. The molecule has 0 fully saturated rings. The first-order valence-corrected chi connectivity index (χ1v) is 5.19. The molecule has 0 aliphatic heterocycles. The van der Waals surface area contributed by atoms with Crippen molar-refractivity contribution in [1.82, 2.24) is 0 Å². The van der Waals surface area contributed by atoms with Crippen molar-refractivity contribution in [2.24, 2.45) is 5.73 Å². The quantitative estimate of drug-likeness (QED) is 0.288. The van der Waals surface area contributed by atoms with E-state index in [0.717, 1.165) is 5.56 Å². The highest BCUT2D eigenvalue weighted by Gasteiger charge is 2.11. The number of hydrogen-bond donors (Lipinski definition) is 3. The summed E-state index contributed by atoms with van der Waals surface area (Å²) >= 11 is 0.440. The summed E-state index contributed by atoms with van der Waals surface area (Å²) in [6.45, 7) is 0. The van der Waals surface area contributed by atoms with Crippen LogP contribution in [0.4, 0.5) is 0 Å². The van der Waals surface area contributed by atoms with Crippen LogP contribution in [0.15, 0.2) is 24.3 Å². The maximum atomic E-state index is 10.5. The van der Waals surface area contributed by atoms with Crippen molar-refractivity contribution < 1.29 is 28.7 Å². The van der Waals surface area contributed by atoms with Gasteiger partial charge in [-0.25, -0.2) is 5.26 Å². The second kappa shape index (κ2) is 7.09. The van der Waals surface area contributed by atoms with E-state index in [4.69, 9.17) is 20.3 Å². The maximum Gasteiger partial charge on any atom is 0.320 e. The van der Waals surface area contributed by atoms with Crippen molar-refractivity contribution >= 4 is 18.3 Å². The van der Waals surface area contributed by atoms with Crippen LogP contribution in [0.1, 0.15) is 5.56 Å². The highest BCUT2D eigenvalue weighted by molar-refractivity contribution is 7.90. The highest BCUT2D eigenvalue weighted by atomic mass is 32.2. The Morgan fingerprint density at radius 1 is 1.41 bits per heavy atom. The van der Waals surface area contributed by atoms with Crippen molar-refractivity contribution in [3.63, 3.8) is 0 Å². The number of aliphatic carboxylic acids is 1. The molecule has 17 heavy (non-hydrogen) atoms. The molecule has 0 aliphatic rings. The van der Waals surface area contributed by atoms with E-state index in [1.54, 1.807) is 24.3 Å². The van der Waals surface area contributed by atoms with Gasteiger partial charge in [0.15, 0.2) is 0 Å². The summed E-state index contributed by atoms with van der Waals surface area (Å²) in [4.78, 5) is 10.5. The van der Waals surface area contributed by atoms with E-state index < -0.39 is 12.0 Å². The lowest BCUT2D eigenvalue weighted by Crippen LogP contribution is -2.32. The van der Waals surface area contributed by atoms with Crippen LogP contribution in [0.5, 0.6) is 5.75 Å². The van der Waals surface area contributed by atoms with Crippen molar-refractivity contribution in [2.75, 3.05) is 0 Å². The van der Waals surface area contributed by atoms with Crippen LogP contribution in [0.25, 0.3) is 0 Å². The van der Waals surface area contributed by atoms with Gasteiger partial charge in [0.1, 0.15) is 11.8 Å². The third-order valence-corrected chi connectivity index (χ3v) is 2.26. The molecule has 1 unspecified atom stereocenters. The van der Waals surface area contributed by atoms with E-state index in [1.165, 1.54) is 0 Å². The molecule has 0 bridgehead atoms. The van der Waals surface area contributed by atoms with E-state index in [2.05, 4.69) is 9.37 Å². The van der Waals surface area contributed by atoms with Gasteiger partial charge in [0.2, 0.25) is 0 Å². The van der Waals surface area contributed by atoms with Gasteiger partial charge in [-0.05, 0) is 24.1 Å². The maximum absolute atomic E-state index is 10.5. The Labute approximate surface area is 101 Å². The summed E-state index contributed by atoms with van der Waals surface area (Å²) in [5.74, 6) is -0.589. The molecule has 1 atom stereocenters. The molecule has 1 aromatic rings. The van der Waals surface area contributed by atoms with Crippen LogP contribution < -0.4 is 9.92 Å². The molecule has 1 rings (SSSR count). The van der Waals surface area contributed by atoms with Crippen molar-refractivity contribution in [2.45, 2.75) is 12.5 Å². The molecule has 0 aromatic heterocycles. The first-order chi connectivity index (χ1) is 8.13. The number of carboxylic acid groups (broad SMARTS) is 1. The summed E-state index contributed by atoms with van der Waals surface area (Å²) in [7, 11) is 0. The smallest absolute Gasteiger partial charge is 0.320 e. The lowest BCUT2D eigenvalue weighted by Gasteiger charge is -2.07. The molecule has 0 saturated heterocycles. The van der Waals surface area contributed by atoms with Crippen LogP contribution in [0.2, 0.25) is 0 Å². The normalized spacial score (nSPS) is 12.1. The van der Waals surface area contributed by atoms with Crippen LogP contribution in [0, 0.1) is 0 Å². The number of rotatable bonds is 7. The van der Waals surface area contributed by atoms with E-state index >= 15 is 0 Å². The first-order valence-electron chi connectivity index (χ1n) is 4.52. The summed E-state index contributed by atoms with van der Waals surface area (Å²) in [5, 5.41) is 19.8. The molecule has 0 spiro atoms. The van der Waals surface area contributed by atoms with E-state index in [0.29, 0.717) is 18.1 Å². The number of hydrogen-bond acceptors (Lipinski definition) is 7. The standard InChI is InChI=1S/C9H11NO6S/c10-8(9(11)12)5-6-1-3-7(4-2-6)14-17-16-15-13/h1-4,8,13H,5,10H2,(H,11,12). The molecule has 7 nitrogen and oxygen atoms in total. The van der Waals surface area contributed by atoms with Crippen molar-refractivity contribution in [3.05, 3.63) is 29.8 Å². The van der Waals surface area contributed by atoms with Crippen LogP contribution in [-0.4, -0.2) is 22.4 Å². The Balaban J connectivity index is 2.47. The van der Waals surface area contributed by atoms with Gasteiger partial charge in [-0.2, -0.15) is 0 Å². The van der Waals surface area contributed by atoms with Gasteiger partial charge in [0.25, 0.3) is 12.3 Å². The fraction of sp³-hybridized carbons (Fsp3) is 0.222. The highest BCUT2D eigenvalue weighted by Crippen LogP contribution is 2.18. The SMILES string of the molecule is NC(Cc1ccc(OSOOO)cc1)C(=O)O. The van der Waals surface area contributed by atoms with Crippen LogP contribution in [-0.2, 0) is 20.6 Å². The molecular weight excluding hydrogens is 250 g/mol. The van der Waals surface area contributed by atoms with Gasteiger partial charge in [0.05, 0.1) is 0 Å². The molecule has 94 valence electrons. The Hall–Kier alpha value is -1.32. The topological polar surface area (TPSA) is 111 Å². The lowest BCUT2D eigenvalue weighted by molar-refractivity contribution is -0.433. The van der Waals surface area contributed by atoms with Gasteiger partial charge >= 0.3 is 5.97 Å². The predicted molar refractivity (Wildman–Crippen MR) is 58.8 cm³/mol. The van der Waals surface area contributed by atoms with E-state index in [9.17, 15) is 4.79 Å². The predicted octanol–water partition coefficient (Wildman–Crippen LogP) is 1.00. The van der Waals surface area contributed by atoms with Gasteiger partial charge in [-0.1, -0.05) is 21.5 Å². The minimum absolute atomic E-state index is 0.235. The third-order valence-electron chi connectivity index (χ3n) is 1.88. The Bertz CT molecular complexity index is 357. The minimum Gasteiger partial charge on any atom is -0.480 e. The Kier molecular flexibility index (Phi) is 5.73. The van der Waals surface area contributed by atoms with Gasteiger partial charge in [0, 0.05) is 0 Å². The second-order valence-corrected chi connectivity index (χ2v) is 3.53. The van der Waals surface area contributed by atoms with Crippen LogP contribution >= 0.6 is 12.3 Å². The number of benzene rings is 1. The fourth-order valence-corrected chi connectivity index (χ4v) is 1.33. The van der Waals surface area contributed by atoms with Crippen molar-refractivity contribution in [1.29, 1.82) is 0 Å². The van der Waals surface area contributed by atoms with E-state index in [-0.39, 0.29) is 6.42 Å². The molecular formula is C9H11NO6S. The number of carbonyl (C=O) groups is 1. The average Bonchev–Trinajstić information content (AvgIpc) is 2.31. The molecule has 0 heterocycles. The number of carboxylic acids is 1. The first kappa shape index (κ1) is 13.7. The zero-order valence-electron chi connectivity index (χ0n) is 8.61. The Morgan fingerprint density at radius 2 is 2.06 bits per heavy atom. The largest absolute Gasteiger partial charge is 0.480 e. The van der Waals surface area contributed by atoms with Gasteiger partial charge < -0.3 is 15.0 Å². The molecule has 4 N–H and O–H groups in total. The second-order valence-electron chi connectivity index (χ2n) is 3.09. The summed E-state index contributed by atoms with van der Waals surface area (Å²) in [6, 6.07) is 5.65. The average molecular weight is 261 g/mol. The summed E-state index contributed by atoms with van der Waals surface area (Å²) in [6.07, 6.45) is 0.235. The lowest BCUT2D eigenvalue weighted by atomic mass is 10.1. The molecule has 0 aliphatic carbocycles. The van der Waals surface area contributed by atoms with Gasteiger partial charge in [-0.3, -0.25) is 4.79 Å². The molecule has 0 amide bonds. The zero-order chi connectivity index (χ0) is 12.7. The monoisotopic (exact) mass is 261 g/mol. The fourth-order valence-electron chi connectivity index (χ4n) is 1.09. The van der Waals surface area contributed by atoms with Crippen LogP contribution in [0.3, 0.4) is 0 Å². The zero-order valence-corrected chi connectivity index (χ0v) is 9.42. The Morgan fingerprint density at radius 3 is 2.59 bits per heavy atom. The van der Waals surface area contributed by atoms with Crippen molar-refractivity contribution in [3.8, 4) is 5.75 Å². The molecule has 1 aromatic carbocycles. The number of nitrogens with two attached hydrogens (primary N) is 1. The summed E-state index contributed by atoms with van der Waals surface area (Å²) < 4.78 is 8.93. The summed E-state index contributed by atoms with van der Waals surface area (Å²) in [5.41, 5.74) is 6.16. The van der Waals surface area contributed by atoms with E-state index in [1.807, 2.05) is 0 Å². The molecule has 0 radical (unpaired) electrons. The third kappa shape index (κ3) is 5.02. The molecule has 8 heteroatoms.